The average Bonchev–Trinajstić information content (AvgIpc) is 2.99. The van der Waals surface area contributed by atoms with E-state index in [0.29, 0.717) is 6.54 Å². The van der Waals surface area contributed by atoms with Crippen molar-refractivity contribution in [3.05, 3.63) is 35.4 Å². The highest BCUT2D eigenvalue weighted by atomic mass is 19.4. The van der Waals surface area contributed by atoms with Crippen LogP contribution in [0.4, 0.5) is 13.2 Å². The van der Waals surface area contributed by atoms with Crippen molar-refractivity contribution >= 4 is 0 Å². The molecule has 24 heavy (non-hydrogen) atoms. The summed E-state index contributed by atoms with van der Waals surface area (Å²) in [6, 6.07) is 6.38. The Kier molecular flexibility index (Phi) is 5.38. The summed E-state index contributed by atoms with van der Waals surface area (Å²) >= 11 is 0. The molecule has 3 rings (SSSR count). The van der Waals surface area contributed by atoms with Gasteiger partial charge in [0.05, 0.1) is 6.17 Å². The van der Waals surface area contributed by atoms with E-state index in [1.165, 1.54) is 0 Å². The fourth-order valence-electron chi connectivity index (χ4n) is 2.82. The zero-order valence-electron chi connectivity index (χ0n) is 13.3. The fourth-order valence-corrected chi connectivity index (χ4v) is 2.82. The van der Waals surface area contributed by atoms with Crippen LogP contribution in [0, 0.1) is 0 Å². The summed E-state index contributed by atoms with van der Waals surface area (Å²) in [5.41, 5.74) is 4.95. The Morgan fingerprint density at radius 3 is 2.58 bits per heavy atom. The number of hydroxylamine groups is 1. The van der Waals surface area contributed by atoms with Crippen molar-refractivity contribution in [3.8, 4) is 0 Å². The van der Waals surface area contributed by atoms with Gasteiger partial charge in [0.15, 0.2) is 0 Å². The third-order valence-corrected chi connectivity index (χ3v) is 4.19. The molecule has 0 aromatic heterocycles. The third kappa shape index (κ3) is 4.44. The van der Waals surface area contributed by atoms with E-state index < -0.39 is 12.2 Å². The molecule has 2 saturated heterocycles. The van der Waals surface area contributed by atoms with E-state index in [-0.39, 0.29) is 31.6 Å². The second-order valence-electron chi connectivity index (χ2n) is 6.07. The van der Waals surface area contributed by atoms with Crippen LogP contribution in [-0.4, -0.2) is 31.3 Å². The molecular weight excluding hydrogens is 323 g/mol. The van der Waals surface area contributed by atoms with Crippen molar-refractivity contribution in [2.45, 2.75) is 50.7 Å². The van der Waals surface area contributed by atoms with E-state index in [1.807, 2.05) is 31.2 Å². The highest BCUT2D eigenvalue weighted by Gasteiger charge is 2.42. The molecule has 4 unspecified atom stereocenters. The van der Waals surface area contributed by atoms with Gasteiger partial charge in [-0.2, -0.15) is 18.7 Å². The number of hydrogen-bond acceptors (Lipinski definition) is 6. The van der Waals surface area contributed by atoms with E-state index in [1.54, 1.807) is 0 Å². The lowest BCUT2D eigenvalue weighted by atomic mass is 10.1. The SMILES string of the molecule is CC1NC(c2ccc(CNC3CC(C(F)(F)F)NCN3)cc2)NO1. The molecule has 6 nitrogen and oxygen atoms in total. The molecule has 5 N–H and O–H groups in total. The van der Waals surface area contributed by atoms with E-state index in [2.05, 4.69) is 26.7 Å². The molecular formula is C15H22F3N5O. The molecule has 2 aliphatic heterocycles. The van der Waals surface area contributed by atoms with Gasteiger partial charge in [0.1, 0.15) is 18.4 Å². The minimum atomic E-state index is -4.22. The number of nitrogens with one attached hydrogen (secondary N) is 5. The molecule has 1 aromatic carbocycles. The maximum Gasteiger partial charge on any atom is 0.403 e. The lowest BCUT2D eigenvalue weighted by Gasteiger charge is -2.33. The van der Waals surface area contributed by atoms with Gasteiger partial charge in [0.25, 0.3) is 0 Å². The van der Waals surface area contributed by atoms with E-state index in [4.69, 9.17) is 4.84 Å². The monoisotopic (exact) mass is 345 g/mol. The molecule has 0 spiro atoms. The zero-order chi connectivity index (χ0) is 17.2. The standard InChI is InChI=1S/C15H22F3N5O/c1-9-22-14(23-24-9)11-4-2-10(3-5-11)7-19-13-6-12(15(16,17)18)20-8-21-13/h2-5,9,12-14,19-23H,6-8H2,1H3. The van der Waals surface area contributed by atoms with Gasteiger partial charge in [-0.05, 0) is 18.1 Å². The summed E-state index contributed by atoms with van der Waals surface area (Å²) in [6.07, 6.45) is -4.73. The van der Waals surface area contributed by atoms with Gasteiger partial charge >= 0.3 is 6.18 Å². The van der Waals surface area contributed by atoms with Crippen molar-refractivity contribution in [1.29, 1.82) is 0 Å². The van der Waals surface area contributed by atoms with Gasteiger partial charge in [-0.3, -0.25) is 26.1 Å². The fraction of sp³-hybridized carbons (Fsp3) is 0.600. The Morgan fingerprint density at radius 1 is 1.21 bits per heavy atom. The Bertz CT molecular complexity index is 539. The number of benzene rings is 1. The molecule has 9 heteroatoms. The van der Waals surface area contributed by atoms with Crippen molar-refractivity contribution in [3.63, 3.8) is 0 Å². The van der Waals surface area contributed by atoms with Gasteiger partial charge in [-0.15, -0.1) is 0 Å². The molecule has 0 saturated carbocycles. The topological polar surface area (TPSA) is 69.4 Å². The largest absolute Gasteiger partial charge is 0.403 e. The molecule has 0 aliphatic carbocycles. The molecule has 0 bridgehead atoms. The Morgan fingerprint density at radius 2 is 1.96 bits per heavy atom. The second-order valence-corrected chi connectivity index (χ2v) is 6.07. The molecule has 0 amide bonds. The molecule has 2 aliphatic rings. The molecule has 1 aromatic rings. The molecule has 2 fully saturated rings. The lowest BCUT2D eigenvalue weighted by molar-refractivity contribution is -0.163. The molecule has 2 heterocycles. The van der Waals surface area contributed by atoms with Gasteiger partial charge in [-0.1, -0.05) is 24.3 Å². The molecule has 134 valence electrons. The Balaban J connectivity index is 1.50. The summed E-state index contributed by atoms with van der Waals surface area (Å²) in [6.45, 7) is 2.55. The van der Waals surface area contributed by atoms with E-state index >= 15 is 0 Å². The van der Waals surface area contributed by atoms with Crippen LogP contribution in [-0.2, 0) is 11.4 Å². The van der Waals surface area contributed by atoms with Gasteiger partial charge in [0, 0.05) is 19.6 Å². The highest BCUT2D eigenvalue weighted by Crippen LogP contribution is 2.24. The van der Waals surface area contributed by atoms with Crippen LogP contribution >= 0.6 is 0 Å². The maximum atomic E-state index is 12.8. The smallest absolute Gasteiger partial charge is 0.298 e. The number of alkyl halides is 3. The van der Waals surface area contributed by atoms with Crippen LogP contribution in [0.5, 0.6) is 0 Å². The number of hydrogen-bond donors (Lipinski definition) is 5. The summed E-state index contributed by atoms with van der Waals surface area (Å²) < 4.78 is 38.3. The van der Waals surface area contributed by atoms with Gasteiger partial charge in [0.2, 0.25) is 0 Å². The second kappa shape index (κ2) is 7.34. The van der Waals surface area contributed by atoms with Crippen LogP contribution in [0.15, 0.2) is 24.3 Å². The minimum Gasteiger partial charge on any atom is -0.298 e. The lowest BCUT2D eigenvalue weighted by Crippen LogP contribution is -2.60. The van der Waals surface area contributed by atoms with Crippen molar-refractivity contribution < 1.29 is 18.0 Å². The van der Waals surface area contributed by atoms with E-state index in [0.717, 1.165) is 11.1 Å². The third-order valence-electron chi connectivity index (χ3n) is 4.19. The zero-order valence-corrected chi connectivity index (χ0v) is 13.3. The Hall–Kier alpha value is -1.23. The Labute approximate surface area is 138 Å². The summed E-state index contributed by atoms with van der Waals surface area (Å²) in [4.78, 5) is 5.23. The van der Waals surface area contributed by atoms with Crippen LogP contribution < -0.4 is 26.7 Å². The van der Waals surface area contributed by atoms with Crippen LogP contribution in [0.25, 0.3) is 0 Å². The quantitative estimate of drug-likeness (QED) is 0.562. The van der Waals surface area contributed by atoms with Crippen LogP contribution in [0.2, 0.25) is 0 Å². The summed E-state index contributed by atoms with van der Waals surface area (Å²) in [5.74, 6) is 0. The number of rotatable bonds is 4. The van der Waals surface area contributed by atoms with Gasteiger partial charge < -0.3 is 0 Å². The van der Waals surface area contributed by atoms with Crippen molar-refractivity contribution in [1.82, 2.24) is 26.7 Å². The van der Waals surface area contributed by atoms with Crippen LogP contribution in [0.3, 0.4) is 0 Å². The maximum absolute atomic E-state index is 12.8. The predicted octanol–water partition coefficient (Wildman–Crippen LogP) is 1.04. The predicted molar refractivity (Wildman–Crippen MR) is 82.2 cm³/mol. The average molecular weight is 345 g/mol. The van der Waals surface area contributed by atoms with Crippen LogP contribution in [0.1, 0.15) is 30.6 Å². The molecule has 0 radical (unpaired) electrons. The highest BCUT2D eigenvalue weighted by molar-refractivity contribution is 5.25. The summed E-state index contributed by atoms with van der Waals surface area (Å²) in [5, 5.41) is 11.8. The van der Waals surface area contributed by atoms with Crippen molar-refractivity contribution in [2.24, 2.45) is 0 Å². The first kappa shape index (κ1) is 17.6. The summed E-state index contributed by atoms with van der Waals surface area (Å²) in [7, 11) is 0. The first-order valence-corrected chi connectivity index (χ1v) is 7.95. The van der Waals surface area contributed by atoms with Gasteiger partial charge in [-0.25, -0.2) is 0 Å². The van der Waals surface area contributed by atoms with Crippen molar-refractivity contribution in [2.75, 3.05) is 6.67 Å². The first-order chi connectivity index (χ1) is 11.4. The number of halogens is 3. The minimum absolute atomic E-state index is 0.0350. The normalized spacial score (nSPS) is 31.3. The molecule has 4 atom stereocenters. The van der Waals surface area contributed by atoms with E-state index in [9.17, 15) is 13.2 Å². The first-order valence-electron chi connectivity index (χ1n) is 7.95.